The van der Waals surface area contributed by atoms with Gasteiger partial charge >= 0.3 is 0 Å². The number of benzene rings is 2. The van der Waals surface area contributed by atoms with Crippen LogP contribution in [0.15, 0.2) is 59.8 Å². The molecule has 4 aromatic rings. The predicted molar refractivity (Wildman–Crippen MR) is 125 cm³/mol. The van der Waals surface area contributed by atoms with Crippen molar-refractivity contribution in [2.45, 2.75) is 25.4 Å². The van der Waals surface area contributed by atoms with Crippen LogP contribution in [0, 0.1) is 11.7 Å². The summed E-state index contributed by atoms with van der Waals surface area (Å²) in [6, 6.07) is 15.8. The third-order valence-corrected chi connectivity index (χ3v) is 6.18. The molecule has 0 spiro atoms. The number of thioether (sulfide) groups is 1. The van der Waals surface area contributed by atoms with Crippen LogP contribution in [0.2, 0.25) is 0 Å². The lowest BCUT2D eigenvalue weighted by Crippen LogP contribution is -2.14. The van der Waals surface area contributed by atoms with Crippen molar-refractivity contribution in [1.82, 2.24) is 25.0 Å². The van der Waals surface area contributed by atoms with Crippen molar-refractivity contribution in [3.05, 3.63) is 65.4 Å². The molecule has 2 heterocycles. The number of nitrogens with zero attached hydrogens (tertiary/aromatic N) is 5. The van der Waals surface area contributed by atoms with Gasteiger partial charge in [-0.3, -0.25) is 14.7 Å². The maximum atomic E-state index is 14.5. The van der Waals surface area contributed by atoms with E-state index in [0.29, 0.717) is 27.6 Å². The maximum Gasteiger partial charge on any atom is 0.236 e. The second kappa shape index (κ2) is 10.0. The molecule has 1 N–H and O–H groups in total. The molecular formula is C22H21FN6OS2. The molecule has 0 saturated carbocycles. The zero-order valence-electron chi connectivity index (χ0n) is 17.5. The highest BCUT2D eigenvalue weighted by molar-refractivity contribution is 7.99. The highest BCUT2D eigenvalue weighted by Crippen LogP contribution is 2.29. The number of carbonyl (C=O) groups is 1. The number of nitrogens with one attached hydrogen (secondary N) is 1. The molecule has 2 aromatic heterocycles. The number of hydrogen-bond donors (Lipinski definition) is 1. The minimum absolute atomic E-state index is 0.0985. The molecule has 0 fully saturated rings. The Bertz CT molecular complexity index is 1210. The Labute approximate surface area is 193 Å². The first kappa shape index (κ1) is 22.1. The fourth-order valence-corrected chi connectivity index (χ4v) is 4.73. The van der Waals surface area contributed by atoms with Crippen LogP contribution in [0.3, 0.4) is 0 Å². The summed E-state index contributed by atoms with van der Waals surface area (Å²) >= 11 is 2.60. The summed E-state index contributed by atoms with van der Waals surface area (Å²) in [5, 5.41) is 21.2. The smallest absolute Gasteiger partial charge is 0.236 e. The van der Waals surface area contributed by atoms with Crippen molar-refractivity contribution in [3.63, 3.8) is 0 Å². The average Bonchev–Trinajstić information content (AvgIpc) is 3.39. The molecule has 0 bridgehead atoms. The Hall–Kier alpha value is -3.11. The minimum atomic E-state index is -0.389. The first-order chi connectivity index (χ1) is 15.5. The fraction of sp³-hybridized carbons (Fsp3) is 0.227. The second-order valence-electron chi connectivity index (χ2n) is 7.39. The number of halogens is 1. The zero-order chi connectivity index (χ0) is 22.5. The normalized spacial score (nSPS) is 11.1. The first-order valence-electron chi connectivity index (χ1n) is 10.0. The van der Waals surface area contributed by atoms with Gasteiger partial charge in [-0.25, -0.2) is 4.39 Å². The summed E-state index contributed by atoms with van der Waals surface area (Å²) in [6.07, 6.45) is 0.821. The van der Waals surface area contributed by atoms with E-state index in [4.69, 9.17) is 0 Å². The molecule has 4 rings (SSSR count). The molecule has 164 valence electrons. The lowest BCUT2D eigenvalue weighted by atomic mass is 10.1. The van der Waals surface area contributed by atoms with Crippen LogP contribution < -0.4 is 5.32 Å². The average molecular weight is 469 g/mol. The van der Waals surface area contributed by atoms with Crippen molar-refractivity contribution in [3.8, 4) is 17.1 Å². The van der Waals surface area contributed by atoms with Crippen molar-refractivity contribution < 1.29 is 9.18 Å². The lowest BCUT2D eigenvalue weighted by Gasteiger charge is -2.10. The van der Waals surface area contributed by atoms with E-state index < -0.39 is 0 Å². The third-order valence-electron chi connectivity index (χ3n) is 4.39. The Kier molecular flexibility index (Phi) is 6.91. The van der Waals surface area contributed by atoms with Gasteiger partial charge in [0.05, 0.1) is 11.3 Å². The number of carbonyl (C=O) groups excluding carboxylic acids is 1. The van der Waals surface area contributed by atoms with Crippen LogP contribution in [0.5, 0.6) is 0 Å². The van der Waals surface area contributed by atoms with Gasteiger partial charge in [0.1, 0.15) is 10.8 Å². The molecule has 1 amide bonds. The van der Waals surface area contributed by atoms with Crippen LogP contribution in [0.1, 0.15) is 18.9 Å². The molecule has 7 nitrogen and oxygen atoms in total. The Morgan fingerprint density at radius 1 is 1.06 bits per heavy atom. The molecule has 2 aromatic carbocycles. The monoisotopic (exact) mass is 468 g/mol. The van der Waals surface area contributed by atoms with Crippen LogP contribution in [0.4, 0.5) is 9.52 Å². The van der Waals surface area contributed by atoms with E-state index in [9.17, 15) is 9.18 Å². The molecule has 0 aliphatic rings. The molecule has 0 aliphatic carbocycles. The number of rotatable bonds is 8. The largest absolute Gasteiger partial charge is 0.300 e. The Morgan fingerprint density at radius 3 is 2.56 bits per heavy atom. The van der Waals surface area contributed by atoms with Gasteiger partial charge in [0.2, 0.25) is 11.0 Å². The molecule has 0 saturated heterocycles. The van der Waals surface area contributed by atoms with Gasteiger partial charge in [0, 0.05) is 12.1 Å². The predicted octanol–water partition coefficient (Wildman–Crippen LogP) is 4.85. The summed E-state index contributed by atoms with van der Waals surface area (Å²) in [5.41, 5.74) is 1.12. The summed E-state index contributed by atoms with van der Waals surface area (Å²) in [6.45, 7) is 4.21. The number of anilines is 1. The second-order valence-corrected chi connectivity index (χ2v) is 9.40. The van der Waals surface area contributed by atoms with E-state index >= 15 is 0 Å². The van der Waals surface area contributed by atoms with Gasteiger partial charge in [-0.15, -0.1) is 20.4 Å². The van der Waals surface area contributed by atoms with E-state index in [1.165, 1.54) is 29.2 Å². The van der Waals surface area contributed by atoms with E-state index in [2.05, 4.69) is 39.6 Å². The summed E-state index contributed by atoms with van der Waals surface area (Å²) in [5.74, 6) is 0.327. The van der Waals surface area contributed by atoms with Gasteiger partial charge in [-0.1, -0.05) is 67.3 Å². The van der Waals surface area contributed by atoms with Crippen molar-refractivity contribution >= 4 is 34.1 Å². The molecular weight excluding hydrogens is 447 g/mol. The van der Waals surface area contributed by atoms with Crippen LogP contribution >= 0.6 is 23.1 Å². The van der Waals surface area contributed by atoms with Crippen molar-refractivity contribution in [1.29, 1.82) is 0 Å². The summed E-state index contributed by atoms with van der Waals surface area (Å²) in [4.78, 5) is 12.5. The first-order valence-corrected chi connectivity index (χ1v) is 11.8. The molecule has 0 aliphatic heterocycles. The SMILES string of the molecule is CC(C)Cc1nnc(NC(=O)CSc2nnc(-c3ccccc3F)n2-c2ccccc2)s1. The third kappa shape index (κ3) is 5.20. The van der Waals surface area contributed by atoms with E-state index in [-0.39, 0.29) is 17.5 Å². The molecule has 32 heavy (non-hydrogen) atoms. The minimum Gasteiger partial charge on any atom is -0.300 e. The highest BCUT2D eigenvalue weighted by Gasteiger charge is 2.19. The van der Waals surface area contributed by atoms with Gasteiger partial charge in [0.15, 0.2) is 11.0 Å². The van der Waals surface area contributed by atoms with E-state index in [0.717, 1.165) is 17.1 Å². The Balaban J connectivity index is 1.53. The number of hydrogen-bond acceptors (Lipinski definition) is 7. The Morgan fingerprint density at radius 2 is 1.81 bits per heavy atom. The molecule has 0 unspecified atom stereocenters. The summed E-state index contributed by atoms with van der Waals surface area (Å²) < 4.78 is 16.2. The van der Waals surface area contributed by atoms with Gasteiger partial charge in [-0.05, 0) is 30.2 Å². The maximum absolute atomic E-state index is 14.5. The van der Waals surface area contributed by atoms with E-state index in [1.54, 1.807) is 22.8 Å². The van der Waals surface area contributed by atoms with Crippen molar-refractivity contribution in [2.75, 3.05) is 11.1 Å². The molecule has 0 radical (unpaired) electrons. The number of para-hydroxylation sites is 1. The van der Waals surface area contributed by atoms with Crippen LogP contribution in [-0.2, 0) is 11.2 Å². The summed E-state index contributed by atoms with van der Waals surface area (Å²) in [7, 11) is 0. The van der Waals surface area contributed by atoms with Gasteiger partial charge in [-0.2, -0.15) is 0 Å². The topological polar surface area (TPSA) is 85.6 Å². The van der Waals surface area contributed by atoms with Crippen LogP contribution in [0.25, 0.3) is 17.1 Å². The van der Waals surface area contributed by atoms with Gasteiger partial charge < -0.3 is 0 Å². The highest BCUT2D eigenvalue weighted by atomic mass is 32.2. The number of amides is 1. The fourth-order valence-electron chi connectivity index (χ4n) is 3.01. The van der Waals surface area contributed by atoms with E-state index in [1.807, 2.05) is 30.3 Å². The molecule has 0 atom stereocenters. The zero-order valence-corrected chi connectivity index (χ0v) is 19.2. The molecule has 10 heteroatoms. The lowest BCUT2D eigenvalue weighted by molar-refractivity contribution is -0.113. The van der Waals surface area contributed by atoms with Crippen LogP contribution in [-0.4, -0.2) is 36.6 Å². The number of aromatic nitrogens is 5. The van der Waals surface area contributed by atoms with Crippen molar-refractivity contribution in [2.24, 2.45) is 5.92 Å². The van der Waals surface area contributed by atoms with Gasteiger partial charge in [0.25, 0.3) is 0 Å². The standard InChI is InChI=1S/C22H21FN6OS2/c1-14(2)12-19-25-27-21(32-19)24-18(30)13-31-22-28-26-20(16-10-6-7-11-17(16)23)29(22)15-8-4-3-5-9-15/h3-11,14H,12-13H2,1-2H3,(H,24,27,30). The quantitative estimate of drug-likeness (QED) is 0.372.